The molecule has 0 amide bonds. The number of benzene rings is 1. The molecule has 0 bridgehead atoms. The summed E-state index contributed by atoms with van der Waals surface area (Å²) in [5, 5.41) is 4.18. The van der Waals surface area contributed by atoms with Crippen molar-refractivity contribution in [1.82, 2.24) is 15.1 Å². The molecule has 0 spiro atoms. The minimum Gasteiger partial charge on any atom is -0.491 e. The number of piperazine rings is 1. The summed E-state index contributed by atoms with van der Waals surface area (Å²) in [5.41, 5.74) is 1.25. The van der Waals surface area contributed by atoms with Crippen LogP contribution in [0.15, 0.2) is 18.2 Å². The number of nitrogens with zero attached hydrogens (tertiary/aromatic N) is 2. The third kappa shape index (κ3) is 5.33. The molecule has 5 nitrogen and oxygen atoms in total. The second-order valence-electron chi connectivity index (χ2n) is 6.66. The lowest BCUT2D eigenvalue weighted by Gasteiger charge is -2.31. The average Bonchev–Trinajstić information content (AvgIpc) is 2.58. The van der Waals surface area contributed by atoms with E-state index in [-0.39, 0.29) is 0 Å². The van der Waals surface area contributed by atoms with Crippen molar-refractivity contribution in [2.45, 2.75) is 19.5 Å². The van der Waals surface area contributed by atoms with Gasteiger partial charge in [-0.3, -0.25) is 9.80 Å². The van der Waals surface area contributed by atoms with Crippen molar-refractivity contribution in [3.8, 4) is 5.75 Å². The fourth-order valence-corrected chi connectivity index (χ4v) is 3.54. The van der Waals surface area contributed by atoms with Crippen LogP contribution in [0.3, 0.4) is 0 Å². The first kappa shape index (κ1) is 18.0. The van der Waals surface area contributed by atoms with Crippen LogP contribution in [0, 0.1) is 0 Å². The second kappa shape index (κ2) is 9.02. The Bertz CT molecular complexity index is 523. The molecule has 0 radical (unpaired) electrons. The van der Waals surface area contributed by atoms with E-state index in [0.717, 1.165) is 64.8 Å². The number of morpholine rings is 1. The lowest BCUT2D eigenvalue weighted by molar-refractivity contribution is 0.0322. The maximum Gasteiger partial charge on any atom is 0.137 e. The van der Waals surface area contributed by atoms with Gasteiger partial charge >= 0.3 is 0 Å². The van der Waals surface area contributed by atoms with Crippen LogP contribution in [-0.2, 0) is 11.3 Å². The zero-order valence-corrected chi connectivity index (χ0v) is 15.2. The molecule has 6 heteroatoms. The topological polar surface area (TPSA) is 37.0 Å². The van der Waals surface area contributed by atoms with Crippen molar-refractivity contribution in [2.75, 3.05) is 59.1 Å². The number of rotatable bonds is 6. The number of nitrogens with one attached hydrogen (secondary N) is 1. The summed E-state index contributed by atoms with van der Waals surface area (Å²) < 4.78 is 11.2. The fraction of sp³-hybridized carbons (Fsp3) is 0.667. The van der Waals surface area contributed by atoms with Crippen LogP contribution in [0.1, 0.15) is 12.5 Å². The molecule has 2 aliphatic heterocycles. The van der Waals surface area contributed by atoms with Gasteiger partial charge in [0.2, 0.25) is 0 Å². The number of hydrogen-bond acceptors (Lipinski definition) is 5. The van der Waals surface area contributed by atoms with Gasteiger partial charge in [-0.05, 0) is 24.6 Å². The summed E-state index contributed by atoms with van der Waals surface area (Å²) >= 11 is 6.41. The number of halogens is 1. The van der Waals surface area contributed by atoms with Gasteiger partial charge in [0.25, 0.3) is 0 Å². The quantitative estimate of drug-likeness (QED) is 0.844. The predicted octanol–water partition coefficient (Wildman–Crippen LogP) is 1.84. The smallest absolute Gasteiger partial charge is 0.137 e. The molecule has 0 aliphatic carbocycles. The van der Waals surface area contributed by atoms with E-state index in [1.54, 1.807) is 0 Å². The molecule has 134 valence electrons. The van der Waals surface area contributed by atoms with E-state index >= 15 is 0 Å². The monoisotopic (exact) mass is 353 g/mol. The summed E-state index contributed by atoms with van der Waals surface area (Å²) in [4.78, 5) is 4.82. The first-order chi connectivity index (χ1) is 11.7. The van der Waals surface area contributed by atoms with Crippen molar-refractivity contribution in [3.05, 3.63) is 28.8 Å². The Kier molecular flexibility index (Phi) is 6.75. The highest BCUT2D eigenvalue weighted by Crippen LogP contribution is 2.26. The molecule has 3 rings (SSSR count). The Morgan fingerprint density at radius 1 is 1.25 bits per heavy atom. The molecule has 1 N–H and O–H groups in total. The molecule has 1 aromatic rings. The Balaban J connectivity index is 1.47. The van der Waals surface area contributed by atoms with E-state index < -0.39 is 0 Å². The Morgan fingerprint density at radius 3 is 2.83 bits per heavy atom. The number of ether oxygens (including phenoxy) is 2. The summed E-state index contributed by atoms with van der Waals surface area (Å²) in [6.07, 6.45) is 0. The van der Waals surface area contributed by atoms with E-state index in [2.05, 4.69) is 28.1 Å². The van der Waals surface area contributed by atoms with Gasteiger partial charge in [0.1, 0.15) is 12.4 Å². The second-order valence-corrected chi connectivity index (χ2v) is 7.06. The average molecular weight is 354 g/mol. The number of hydrogen-bond donors (Lipinski definition) is 1. The molecule has 1 atom stereocenters. The van der Waals surface area contributed by atoms with Crippen LogP contribution in [0.5, 0.6) is 5.75 Å². The van der Waals surface area contributed by atoms with Crippen molar-refractivity contribution in [1.29, 1.82) is 0 Å². The summed E-state index contributed by atoms with van der Waals surface area (Å²) in [6, 6.07) is 6.72. The first-order valence-electron chi connectivity index (χ1n) is 8.88. The first-order valence-corrected chi connectivity index (χ1v) is 9.25. The highest BCUT2D eigenvalue weighted by atomic mass is 35.5. The molecular weight excluding hydrogens is 326 g/mol. The third-order valence-corrected chi connectivity index (χ3v) is 4.92. The minimum atomic E-state index is 0.553. The maximum atomic E-state index is 6.41. The summed E-state index contributed by atoms with van der Waals surface area (Å²) in [6.45, 7) is 11.6. The van der Waals surface area contributed by atoms with Crippen LogP contribution in [0.25, 0.3) is 0 Å². The molecular formula is C18H28ClN3O2. The third-order valence-electron chi connectivity index (χ3n) is 4.62. The normalized spacial score (nSPS) is 23.3. The van der Waals surface area contributed by atoms with Crippen LogP contribution in [0.4, 0.5) is 0 Å². The molecule has 24 heavy (non-hydrogen) atoms. The highest BCUT2D eigenvalue weighted by Gasteiger charge is 2.16. The van der Waals surface area contributed by atoms with Crippen molar-refractivity contribution < 1.29 is 9.47 Å². The molecule has 2 saturated heterocycles. The lowest BCUT2D eigenvalue weighted by atomic mass is 10.1. The Morgan fingerprint density at radius 2 is 2.08 bits per heavy atom. The Labute approximate surface area is 149 Å². The molecule has 0 saturated carbocycles. The lowest BCUT2D eigenvalue weighted by Crippen LogP contribution is -2.48. The highest BCUT2D eigenvalue weighted by molar-refractivity contribution is 6.32. The van der Waals surface area contributed by atoms with Crippen LogP contribution in [-0.4, -0.2) is 74.9 Å². The Hall–Kier alpha value is -0.850. The van der Waals surface area contributed by atoms with Crippen LogP contribution in [0.2, 0.25) is 5.02 Å². The molecule has 0 unspecified atom stereocenters. The van der Waals surface area contributed by atoms with Crippen molar-refractivity contribution in [2.24, 2.45) is 0 Å². The van der Waals surface area contributed by atoms with Crippen LogP contribution >= 0.6 is 11.6 Å². The minimum absolute atomic E-state index is 0.553. The van der Waals surface area contributed by atoms with Crippen LogP contribution < -0.4 is 10.1 Å². The molecule has 0 aromatic heterocycles. The van der Waals surface area contributed by atoms with Gasteiger partial charge in [0.15, 0.2) is 0 Å². The van der Waals surface area contributed by atoms with Crippen molar-refractivity contribution in [3.63, 3.8) is 0 Å². The fourth-order valence-electron chi connectivity index (χ4n) is 3.28. The van der Waals surface area contributed by atoms with Gasteiger partial charge < -0.3 is 14.8 Å². The van der Waals surface area contributed by atoms with Gasteiger partial charge in [-0.15, -0.1) is 0 Å². The van der Waals surface area contributed by atoms with Gasteiger partial charge in [-0.1, -0.05) is 17.7 Å². The molecule has 2 heterocycles. The maximum absolute atomic E-state index is 6.41. The summed E-state index contributed by atoms with van der Waals surface area (Å²) in [7, 11) is 0. The predicted molar refractivity (Wildman–Crippen MR) is 96.9 cm³/mol. The molecule has 2 fully saturated rings. The largest absolute Gasteiger partial charge is 0.491 e. The molecule has 2 aliphatic rings. The molecule has 1 aromatic carbocycles. The van der Waals surface area contributed by atoms with Gasteiger partial charge in [-0.25, -0.2) is 0 Å². The van der Waals surface area contributed by atoms with Gasteiger partial charge in [0.05, 0.1) is 18.2 Å². The van der Waals surface area contributed by atoms with E-state index in [4.69, 9.17) is 21.1 Å². The van der Waals surface area contributed by atoms with E-state index in [9.17, 15) is 0 Å². The van der Waals surface area contributed by atoms with Gasteiger partial charge in [-0.2, -0.15) is 0 Å². The van der Waals surface area contributed by atoms with Crippen molar-refractivity contribution >= 4 is 11.6 Å². The zero-order chi connectivity index (χ0) is 16.8. The van der Waals surface area contributed by atoms with E-state index in [1.807, 2.05) is 12.1 Å². The summed E-state index contributed by atoms with van der Waals surface area (Å²) in [5.74, 6) is 0.780. The van der Waals surface area contributed by atoms with E-state index in [0.29, 0.717) is 17.7 Å². The van der Waals surface area contributed by atoms with E-state index in [1.165, 1.54) is 5.56 Å². The SMILES string of the molecule is C[C@H]1CN(Cc2ccc(OCCN3CCOCC3)c(Cl)c2)CCN1. The van der Waals surface area contributed by atoms with Gasteiger partial charge in [0, 0.05) is 51.9 Å². The zero-order valence-electron chi connectivity index (χ0n) is 14.5. The standard InChI is InChI=1S/C18H28ClN3O2/c1-15-13-22(5-4-20-15)14-16-2-3-18(17(19)12-16)24-11-8-21-6-9-23-10-7-21/h2-3,12,15,20H,4-11,13-14H2,1H3/t15-/m0/s1.